The molecule has 12 heteroatoms. The number of amides is 1. The van der Waals surface area contributed by atoms with Gasteiger partial charge in [-0.3, -0.25) is 14.9 Å². The van der Waals surface area contributed by atoms with Gasteiger partial charge in [0.05, 0.1) is 16.7 Å². The number of carbonyl (C=O) groups excluding carboxylic acids is 1. The predicted molar refractivity (Wildman–Crippen MR) is 127 cm³/mol. The van der Waals surface area contributed by atoms with Crippen LogP contribution >= 0.6 is 11.6 Å². The number of ether oxygens (including phenoxy) is 2. The predicted octanol–water partition coefficient (Wildman–Crippen LogP) is 6.11. The highest BCUT2D eigenvalue weighted by Crippen LogP contribution is 2.32. The minimum Gasteiger partial charge on any atom is -0.468 e. The molecule has 0 radical (unpaired) electrons. The highest BCUT2D eigenvalue weighted by molar-refractivity contribution is 6.30. The molecule has 0 aliphatic rings. The van der Waals surface area contributed by atoms with Gasteiger partial charge in [0.25, 0.3) is 11.6 Å². The first-order valence-corrected chi connectivity index (χ1v) is 10.7. The van der Waals surface area contributed by atoms with Crippen LogP contribution in [0.5, 0.6) is 17.2 Å². The Labute approximate surface area is 208 Å². The molecule has 3 aromatic carbocycles. The molecule has 0 atom stereocenters. The summed E-state index contributed by atoms with van der Waals surface area (Å²) in [6, 6.07) is 13.0. The molecule has 1 amide bonds. The lowest BCUT2D eigenvalue weighted by molar-refractivity contribution is -0.384. The van der Waals surface area contributed by atoms with Gasteiger partial charge in [0.2, 0.25) is 0 Å². The monoisotopic (exact) mass is 514 g/mol. The van der Waals surface area contributed by atoms with E-state index in [0.717, 1.165) is 12.1 Å². The average Bonchev–Trinajstić information content (AvgIpc) is 3.29. The number of nitro groups is 1. The zero-order valence-corrected chi connectivity index (χ0v) is 19.3. The van der Waals surface area contributed by atoms with E-state index in [1.807, 2.05) is 0 Å². The van der Waals surface area contributed by atoms with Crippen molar-refractivity contribution in [1.82, 2.24) is 9.78 Å². The van der Waals surface area contributed by atoms with Gasteiger partial charge in [-0.2, -0.15) is 5.10 Å². The van der Waals surface area contributed by atoms with Crippen LogP contribution in [0.4, 0.5) is 20.2 Å². The van der Waals surface area contributed by atoms with Crippen LogP contribution in [-0.2, 0) is 6.73 Å². The number of hydrogen-bond acceptors (Lipinski definition) is 6. The number of hydrogen-bond donors (Lipinski definition) is 1. The number of carbonyl (C=O) groups is 1. The van der Waals surface area contributed by atoms with Gasteiger partial charge in [-0.15, -0.1) is 0 Å². The molecule has 0 unspecified atom stereocenters. The van der Waals surface area contributed by atoms with E-state index in [4.69, 9.17) is 21.1 Å². The first kappa shape index (κ1) is 24.6. The molecule has 0 bridgehead atoms. The lowest BCUT2D eigenvalue weighted by atomic mass is 10.2. The van der Waals surface area contributed by atoms with Crippen molar-refractivity contribution in [2.75, 3.05) is 5.32 Å². The van der Waals surface area contributed by atoms with Gasteiger partial charge in [0, 0.05) is 29.4 Å². The highest BCUT2D eigenvalue weighted by Gasteiger charge is 2.16. The zero-order valence-electron chi connectivity index (χ0n) is 18.6. The van der Waals surface area contributed by atoms with Crippen molar-refractivity contribution in [3.05, 3.63) is 105 Å². The molecule has 1 heterocycles. The largest absolute Gasteiger partial charge is 0.468 e. The Morgan fingerprint density at radius 2 is 1.89 bits per heavy atom. The van der Waals surface area contributed by atoms with Crippen LogP contribution in [0.2, 0.25) is 5.02 Å². The SMILES string of the molecule is Cc1cc(Cl)ccc1Oc1cc(NC(=O)c2ccn(COc3ccc(F)cc3F)n2)cc([N+](=O)[O-])c1. The number of rotatable bonds is 8. The first-order chi connectivity index (χ1) is 17.2. The third-order valence-electron chi connectivity index (χ3n) is 4.84. The Hall–Kier alpha value is -4.51. The van der Waals surface area contributed by atoms with E-state index in [1.165, 1.54) is 35.1 Å². The second-order valence-corrected chi connectivity index (χ2v) is 7.96. The second kappa shape index (κ2) is 10.4. The number of anilines is 1. The molecule has 0 saturated carbocycles. The fraction of sp³-hybridized carbons (Fsp3) is 0.0833. The van der Waals surface area contributed by atoms with Crippen molar-refractivity contribution >= 4 is 28.9 Å². The maximum absolute atomic E-state index is 13.7. The number of nitrogens with zero attached hydrogens (tertiary/aromatic N) is 3. The van der Waals surface area contributed by atoms with Crippen LogP contribution in [-0.4, -0.2) is 20.6 Å². The fourth-order valence-electron chi connectivity index (χ4n) is 3.15. The molecule has 0 aliphatic heterocycles. The van der Waals surface area contributed by atoms with E-state index in [0.29, 0.717) is 22.4 Å². The Kier molecular flexibility index (Phi) is 7.11. The normalized spacial score (nSPS) is 10.7. The summed E-state index contributed by atoms with van der Waals surface area (Å²) >= 11 is 5.95. The Morgan fingerprint density at radius 3 is 2.61 bits per heavy atom. The van der Waals surface area contributed by atoms with Gasteiger partial charge in [-0.05, 0) is 48.9 Å². The van der Waals surface area contributed by atoms with Crippen molar-refractivity contribution in [3.63, 3.8) is 0 Å². The van der Waals surface area contributed by atoms with Gasteiger partial charge in [0.15, 0.2) is 24.0 Å². The Balaban J connectivity index is 1.48. The zero-order chi connectivity index (χ0) is 25.8. The molecule has 36 heavy (non-hydrogen) atoms. The minimum absolute atomic E-state index is 0.0271. The van der Waals surface area contributed by atoms with E-state index in [9.17, 15) is 23.7 Å². The molecular weight excluding hydrogens is 498 g/mol. The van der Waals surface area contributed by atoms with E-state index in [-0.39, 0.29) is 35.3 Å². The third kappa shape index (κ3) is 5.94. The van der Waals surface area contributed by atoms with E-state index >= 15 is 0 Å². The number of aryl methyl sites for hydroxylation is 1. The van der Waals surface area contributed by atoms with Crippen molar-refractivity contribution in [2.45, 2.75) is 13.7 Å². The molecule has 0 spiro atoms. The molecule has 184 valence electrons. The van der Waals surface area contributed by atoms with Gasteiger partial charge in [0.1, 0.15) is 17.3 Å². The summed E-state index contributed by atoms with van der Waals surface area (Å²) in [4.78, 5) is 23.5. The van der Waals surface area contributed by atoms with Gasteiger partial charge in [-0.25, -0.2) is 13.5 Å². The number of benzene rings is 3. The van der Waals surface area contributed by atoms with Crippen LogP contribution in [0.25, 0.3) is 0 Å². The molecule has 4 rings (SSSR count). The summed E-state index contributed by atoms with van der Waals surface area (Å²) in [5, 5.41) is 18.5. The summed E-state index contributed by atoms with van der Waals surface area (Å²) in [5.74, 6) is -1.89. The van der Waals surface area contributed by atoms with Crippen LogP contribution in [0.15, 0.2) is 66.9 Å². The second-order valence-electron chi connectivity index (χ2n) is 7.53. The number of halogens is 3. The summed E-state index contributed by atoms with van der Waals surface area (Å²) in [5.41, 5.74) is 0.498. The molecule has 1 N–H and O–H groups in total. The lowest BCUT2D eigenvalue weighted by Crippen LogP contribution is -2.14. The quantitative estimate of drug-likeness (QED) is 0.224. The van der Waals surface area contributed by atoms with E-state index in [2.05, 4.69) is 10.4 Å². The van der Waals surface area contributed by atoms with Crippen molar-refractivity contribution in [2.24, 2.45) is 0 Å². The number of non-ortho nitro benzene ring substituents is 1. The van der Waals surface area contributed by atoms with Gasteiger partial charge in [-0.1, -0.05) is 11.6 Å². The summed E-state index contributed by atoms with van der Waals surface area (Å²) in [6.07, 6.45) is 1.42. The molecule has 0 aliphatic carbocycles. The minimum atomic E-state index is -0.877. The van der Waals surface area contributed by atoms with Crippen LogP contribution in [0.1, 0.15) is 16.1 Å². The molecular formula is C24H17ClF2N4O5. The van der Waals surface area contributed by atoms with Crippen LogP contribution in [0.3, 0.4) is 0 Å². The fourth-order valence-corrected chi connectivity index (χ4v) is 3.38. The lowest BCUT2D eigenvalue weighted by Gasteiger charge is -2.11. The van der Waals surface area contributed by atoms with Crippen molar-refractivity contribution in [1.29, 1.82) is 0 Å². The van der Waals surface area contributed by atoms with Gasteiger partial charge < -0.3 is 14.8 Å². The van der Waals surface area contributed by atoms with E-state index in [1.54, 1.807) is 25.1 Å². The van der Waals surface area contributed by atoms with Crippen LogP contribution in [0, 0.1) is 28.7 Å². The van der Waals surface area contributed by atoms with E-state index < -0.39 is 22.5 Å². The maximum Gasteiger partial charge on any atom is 0.276 e. The molecule has 4 aromatic rings. The Morgan fingerprint density at radius 1 is 1.11 bits per heavy atom. The Bertz CT molecular complexity index is 1460. The summed E-state index contributed by atoms with van der Waals surface area (Å²) < 4.78 is 39.0. The summed E-state index contributed by atoms with van der Waals surface area (Å²) in [7, 11) is 0. The first-order valence-electron chi connectivity index (χ1n) is 10.3. The topological polar surface area (TPSA) is 109 Å². The number of nitro benzene ring substituents is 1. The smallest absolute Gasteiger partial charge is 0.276 e. The average molecular weight is 515 g/mol. The molecule has 0 saturated heterocycles. The highest BCUT2D eigenvalue weighted by atomic mass is 35.5. The van der Waals surface area contributed by atoms with Crippen LogP contribution < -0.4 is 14.8 Å². The molecule has 9 nitrogen and oxygen atoms in total. The standard InChI is InChI=1S/C24H17ClF2N4O5/c1-14-8-15(25)2-4-22(14)36-19-11-17(10-18(12-19)31(33)34)28-24(32)21-6-7-30(29-21)13-35-23-5-3-16(26)9-20(23)27/h2-12H,13H2,1H3,(H,28,32). The maximum atomic E-state index is 13.7. The van der Waals surface area contributed by atoms with Crippen molar-refractivity contribution < 1.29 is 28.0 Å². The number of aromatic nitrogens is 2. The third-order valence-corrected chi connectivity index (χ3v) is 5.08. The van der Waals surface area contributed by atoms with Gasteiger partial charge >= 0.3 is 0 Å². The molecule has 1 aromatic heterocycles. The molecule has 0 fully saturated rings. The van der Waals surface area contributed by atoms with Crippen molar-refractivity contribution in [3.8, 4) is 17.2 Å². The summed E-state index contributed by atoms with van der Waals surface area (Å²) in [6.45, 7) is 1.52. The number of nitrogens with one attached hydrogen (secondary N) is 1.